The van der Waals surface area contributed by atoms with Crippen LogP contribution in [0.4, 0.5) is 0 Å². The lowest BCUT2D eigenvalue weighted by atomic mass is 9.88. The van der Waals surface area contributed by atoms with Crippen LogP contribution in [0.1, 0.15) is 39.5 Å². The lowest BCUT2D eigenvalue weighted by Gasteiger charge is -2.29. The molecule has 0 spiro atoms. The molecule has 0 aromatic carbocycles. The summed E-state index contributed by atoms with van der Waals surface area (Å²) in [6, 6.07) is -1.86. The Bertz CT molecular complexity index is 561. The third-order valence-corrected chi connectivity index (χ3v) is 4.21. The first kappa shape index (κ1) is 21.6. The van der Waals surface area contributed by atoms with E-state index in [2.05, 4.69) is 16.0 Å². The lowest BCUT2D eigenvalue weighted by Crippen LogP contribution is -2.54. The zero-order valence-electron chi connectivity index (χ0n) is 15.3. The van der Waals surface area contributed by atoms with Gasteiger partial charge in [0, 0.05) is 6.04 Å². The van der Waals surface area contributed by atoms with Crippen LogP contribution in [0, 0.1) is 5.92 Å². The van der Waals surface area contributed by atoms with E-state index in [4.69, 9.17) is 11.5 Å². The molecule has 0 aromatic heterocycles. The molecule has 7 N–H and O–H groups in total. The van der Waals surface area contributed by atoms with Crippen LogP contribution < -0.4 is 27.4 Å². The Hall–Kier alpha value is -2.42. The molecular formula is C17H29N5O4. The summed E-state index contributed by atoms with van der Waals surface area (Å²) in [6.07, 6.45) is 6.62. The molecule has 0 aromatic rings. The van der Waals surface area contributed by atoms with Gasteiger partial charge in [-0.15, -0.1) is 0 Å². The van der Waals surface area contributed by atoms with Crippen molar-refractivity contribution < 1.29 is 19.2 Å². The van der Waals surface area contributed by atoms with Crippen molar-refractivity contribution in [2.24, 2.45) is 17.4 Å². The summed E-state index contributed by atoms with van der Waals surface area (Å²) in [6.45, 7) is 2.81. The van der Waals surface area contributed by atoms with Gasteiger partial charge in [-0.1, -0.05) is 12.2 Å². The Morgan fingerprint density at radius 2 is 1.69 bits per heavy atom. The third kappa shape index (κ3) is 7.22. The Kier molecular flexibility index (Phi) is 8.77. The van der Waals surface area contributed by atoms with Crippen molar-refractivity contribution in [1.29, 1.82) is 0 Å². The van der Waals surface area contributed by atoms with E-state index in [1.54, 1.807) is 6.92 Å². The highest BCUT2D eigenvalue weighted by Gasteiger charge is 2.31. The van der Waals surface area contributed by atoms with E-state index in [-0.39, 0.29) is 24.4 Å². The summed E-state index contributed by atoms with van der Waals surface area (Å²) >= 11 is 0. The van der Waals surface area contributed by atoms with Crippen LogP contribution in [-0.2, 0) is 19.2 Å². The Morgan fingerprint density at radius 1 is 1.08 bits per heavy atom. The second kappa shape index (κ2) is 10.5. The van der Waals surface area contributed by atoms with Gasteiger partial charge in [0.1, 0.15) is 6.04 Å². The molecule has 0 saturated heterocycles. The molecular weight excluding hydrogens is 338 g/mol. The van der Waals surface area contributed by atoms with E-state index in [0.29, 0.717) is 19.3 Å². The van der Waals surface area contributed by atoms with E-state index >= 15 is 0 Å². The SMILES string of the molecule is C[C@H](N)C(=O)N[C@H]1CC/C=C\CC[C@H]1C(=O)N[C@@H](C)C(=O)NCC(N)=O. The highest BCUT2D eigenvalue weighted by atomic mass is 16.2. The van der Waals surface area contributed by atoms with Crippen LogP contribution in [0.5, 0.6) is 0 Å². The molecule has 0 heterocycles. The van der Waals surface area contributed by atoms with Gasteiger partial charge in [0.2, 0.25) is 23.6 Å². The van der Waals surface area contributed by atoms with Crippen molar-refractivity contribution in [2.75, 3.05) is 6.54 Å². The minimum absolute atomic E-state index is 0.291. The van der Waals surface area contributed by atoms with Gasteiger partial charge in [0.05, 0.1) is 18.5 Å². The molecule has 4 atom stereocenters. The summed E-state index contributed by atoms with van der Waals surface area (Å²) in [4.78, 5) is 47.3. The van der Waals surface area contributed by atoms with Crippen LogP contribution in [0.3, 0.4) is 0 Å². The number of carbonyl (C=O) groups excluding carboxylic acids is 4. The number of hydrogen-bond donors (Lipinski definition) is 5. The number of rotatable bonds is 7. The molecule has 9 nitrogen and oxygen atoms in total. The molecule has 4 amide bonds. The fourth-order valence-corrected chi connectivity index (χ4v) is 2.70. The number of hydrogen-bond acceptors (Lipinski definition) is 5. The molecule has 0 radical (unpaired) electrons. The number of allylic oxidation sites excluding steroid dienone is 2. The normalized spacial score (nSPS) is 23.5. The molecule has 1 rings (SSSR count). The molecule has 0 unspecified atom stereocenters. The summed E-state index contributed by atoms with van der Waals surface area (Å²) in [7, 11) is 0. The van der Waals surface area contributed by atoms with Crippen molar-refractivity contribution >= 4 is 23.6 Å². The van der Waals surface area contributed by atoms with Crippen LogP contribution in [0.15, 0.2) is 12.2 Å². The first-order chi connectivity index (χ1) is 12.2. The first-order valence-corrected chi connectivity index (χ1v) is 8.79. The highest BCUT2D eigenvalue weighted by Crippen LogP contribution is 2.20. The molecule has 1 aliphatic rings. The second-order valence-corrected chi connectivity index (χ2v) is 6.55. The largest absolute Gasteiger partial charge is 0.368 e. The van der Waals surface area contributed by atoms with E-state index in [1.807, 2.05) is 12.2 Å². The Balaban J connectivity index is 2.75. The maximum absolute atomic E-state index is 12.7. The number of primary amides is 1. The maximum Gasteiger partial charge on any atom is 0.242 e. The number of nitrogens with two attached hydrogens (primary N) is 2. The zero-order chi connectivity index (χ0) is 19.7. The van der Waals surface area contributed by atoms with Gasteiger partial charge in [0.15, 0.2) is 0 Å². The van der Waals surface area contributed by atoms with Gasteiger partial charge in [-0.05, 0) is 39.5 Å². The van der Waals surface area contributed by atoms with E-state index in [0.717, 1.165) is 6.42 Å². The minimum Gasteiger partial charge on any atom is -0.368 e. The van der Waals surface area contributed by atoms with E-state index in [9.17, 15) is 19.2 Å². The Labute approximate surface area is 153 Å². The average molecular weight is 367 g/mol. The van der Waals surface area contributed by atoms with Crippen molar-refractivity contribution in [2.45, 2.75) is 57.7 Å². The van der Waals surface area contributed by atoms with Crippen molar-refractivity contribution in [3.8, 4) is 0 Å². The molecule has 26 heavy (non-hydrogen) atoms. The lowest BCUT2D eigenvalue weighted by molar-refractivity contribution is -0.132. The standard InChI is InChI=1S/C17H29N5O4/c1-10(18)15(24)22-13-8-6-4-3-5-7-12(13)17(26)21-11(2)16(25)20-9-14(19)23/h3-4,10-13H,5-9,18H2,1-2H3,(H2,19,23)(H,20,25)(H,21,26)(H,22,24)/b4-3-/t10-,11-,12+,13-/m0/s1. The molecule has 0 aliphatic heterocycles. The van der Waals surface area contributed by atoms with Gasteiger partial charge >= 0.3 is 0 Å². The van der Waals surface area contributed by atoms with Crippen molar-refractivity contribution in [3.63, 3.8) is 0 Å². The molecule has 0 bridgehead atoms. The van der Waals surface area contributed by atoms with Crippen molar-refractivity contribution in [3.05, 3.63) is 12.2 Å². The number of nitrogens with one attached hydrogen (secondary N) is 3. The van der Waals surface area contributed by atoms with Gasteiger partial charge < -0.3 is 27.4 Å². The van der Waals surface area contributed by atoms with E-state index in [1.165, 1.54) is 6.92 Å². The summed E-state index contributed by atoms with van der Waals surface area (Å²) in [5.74, 6) is -2.28. The molecule has 146 valence electrons. The second-order valence-electron chi connectivity index (χ2n) is 6.55. The first-order valence-electron chi connectivity index (χ1n) is 8.79. The summed E-state index contributed by atoms with van der Waals surface area (Å²) in [5, 5.41) is 7.83. The van der Waals surface area contributed by atoms with Crippen LogP contribution >= 0.6 is 0 Å². The zero-order valence-corrected chi connectivity index (χ0v) is 15.3. The fraction of sp³-hybridized carbons (Fsp3) is 0.647. The van der Waals surface area contributed by atoms with Crippen molar-refractivity contribution in [1.82, 2.24) is 16.0 Å². The maximum atomic E-state index is 12.7. The summed E-state index contributed by atoms with van der Waals surface area (Å²) in [5.41, 5.74) is 10.6. The van der Waals surface area contributed by atoms with Crippen LogP contribution in [0.25, 0.3) is 0 Å². The molecule has 0 fully saturated rings. The monoisotopic (exact) mass is 367 g/mol. The smallest absolute Gasteiger partial charge is 0.242 e. The molecule has 9 heteroatoms. The number of amides is 4. The molecule has 0 saturated carbocycles. The minimum atomic E-state index is -0.826. The predicted octanol–water partition coefficient (Wildman–Crippen LogP) is -1.33. The summed E-state index contributed by atoms with van der Waals surface area (Å²) < 4.78 is 0. The predicted molar refractivity (Wildman–Crippen MR) is 96.5 cm³/mol. The topological polar surface area (TPSA) is 156 Å². The highest BCUT2D eigenvalue weighted by molar-refractivity contribution is 5.91. The van der Waals surface area contributed by atoms with Gasteiger partial charge in [-0.3, -0.25) is 19.2 Å². The molecule has 1 aliphatic carbocycles. The van der Waals surface area contributed by atoms with Crippen LogP contribution in [-0.4, -0.2) is 48.3 Å². The van der Waals surface area contributed by atoms with Crippen LogP contribution in [0.2, 0.25) is 0 Å². The fourth-order valence-electron chi connectivity index (χ4n) is 2.70. The Morgan fingerprint density at radius 3 is 2.27 bits per heavy atom. The average Bonchev–Trinajstić information content (AvgIpc) is 2.54. The van der Waals surface area contributed by atoms with Gasteiger partial charge in [-0.25, -0.2) is 0 Å². The number of carbonyl (C=O) groups is 4. The van der Waals surface area contributed by atoms with E-state index < -0.39 is 29.8 Å². The van der Waals surface area contributed by atoms with Gasteiger partial charge in [-0.2, -0.15) is 0 Å². The quantitative estimate of drug-likeness (QED) is 0.352. The third-order valence-electron chi connectivity index (χ3n) is 4.21. The van der Waals surface area contributed by atoms with Gasteiger partial charge in [0.25, 0.3) is 0 Å².